The fourth-order valence-corrected chi connectivity index (χ4v) is 1.66. The maximum atomic E-state index is 10.9. The van der Waals surface area contributed by atoms with E-state index in [1.807, 2.05) is 13.1 Å². The lowest BCUT2D eigenvalue weighted by Crippen LogP contribution is -1.96. The highest BCUT2D eigenvalue weighted by atomic mass is 35.5. The van der Waals surface area contributed by atoms with Crippen molar-refractivity contribution in [3.63, 3.8) is 0 Å². The number of hydrogen-bond acceptors (Lipinski definition) is 2. The highest BCUT2D eigenvalue weighted by molar-refractivity contribution is 6.31. The molecule has 0 atom stereocenters. The first-order chi connectivity index (χ1) is 7.22. The molecule has 0 aliphatic rings. The minimum absolute atomic E-state index is 0.608. The summed E-state index contributed by atoms with van der Waals surface area (Å²) < 4.78 is 1.71. The van der Waals surface area contributed by atoms with Crippen LogP contribution < -0.4 is 0 Å². The van der Waals surface area contributed by atoms with E-state index in [0.29, 0.717) is 10.6 Å². The number of aldehydes is 1. The highest BCUT2D eigenvalue weighted by Gasteiger charge is 2.08. The van der Waals surface area contributed by atoms with Gasteiger partial charge in [0.15, 0.2) is 6.29 Å². The van der Waals surface area contributed by atoms with Gasteiger partial charge in [0.25, 0.3) is 0 Å². The molecule has 1 heterocycles. The second kappa shape index (κ2) is 3.87. The Kier molecular flexibility index (Phi) is 2.56. The third kappa shape index (κ3) is 1.78. The number of carbonyl (C=O) groups excluding carboxylic acids is 1. The average molecular weight is 221 g/mol. The molecule has 0 amide bonds. The predicted molar refractivity (Wildman–Crippen MR) is 59.0 cm³/mol. The Balaban J connectivity index is 2.65. The molecule has 0 spiro atoms. The second-order valence-corrected chi connectivity index (χ2v) is 3.63. The van der Waals surface area contributed by atoms with Crippen molar-refractivity contribution in [2.45, 2.75) is 0 Å². The van der Waals surface area contributed by atoms with E-state index in [9.17, 15) is 4.79 Å². The van der Waals surface area contributed by atoms with Gasteiger partial charge in [-0.1, -0.05) is 11.6 Å². The molecule has 0 unspecified atom stereocenters. The molecule has 0 saturated heterocycles. The van der Waals surface area contributed by atoms with Crippen LogP contribution in [0.1, 0.15) is 10.4 Å². The summed E-state index contributed by atoms with van der Waals surface area (Å²) in [6.07, 6.45) is 2.50. The maximum Gasteiger partial charge on any atom is 0.150 e. The summed E-state index contributed by atoms with van der Waals surface area (Å²) in [5.41, 5.74) is 2.29. The number of carbonyl (C=O) groups is 1. The van der Waals surface area contributed by atoms with E-state index in [2.05, 4.69) is 5.10 Å². The van der Waals surface area contributed by atoms with Gasteiger partial charge in [0, 0.05) is 29.4 Å². The Morgan fingerprint density at radius 2 is 2.20 bits per heavy atom. The predicted octanol–water partition coefficient (Wildman–Crippen LogP) is 2.55. The second-order valence-electron chi connectivity index (χ2n) is 3.19. The summed E-state index contributed by atoms with van der Waals surface area (Å²) in [4.78, 5) is 10.9. The van der Waals surface area contributed by atoms with Gasteiger partial charge >= 0.3 is 0 Å². The van der Waals surface area contributed by atoms with Crippen LogP contribution in [0, 0.1) is 0 Å². The van der Waals surface area contributed by atoms with Gasteiger partial charge in [0.1, 0.15) is 0 Å². The number of aromatic nitrogens is 2. The van der Waals surface area contributed by atoms with Crippen molar-refractivity contribution in [3.8, 4) is 11.3 Å². The van der Waals surface area contributed by atoms with Crippen LogP contribution in [0.25, 0.3) is 11.3 Å². The molecular weight excluding hydrogens is 212 g/mol. The lowest BCUT2D eigenvalue weighted by molar-refractivity contribution is 0.112. The van der Waals surface area contributed by atoms with E-state index in [0.717, 1.165) is 17.5 Å². The number of hydrogen-bond donors (Lipinski definition) is 0. The molecule has 0 N–H and O–H groups in total. The van der Waals surface area contributed by atoms with Gasteiger partial charge in [-0.3, -0.25) is 9.48 Å². The number of benzene rings is 1. The van der Waals surface area contributed by atoms with Gasteiger partial charge < -0.3 is 0 Å². The van der Waals surface area contributed by atoms with Crippen LogP contribution in [-0.4, -0.2) is 16.1 Å². The maximum absolute atomic E-state index is 10.9. The van der Waals surface area contributed by atoms with Crippen molar-refractivity contribution in [3.05, 3.63) is 41.0 Å². The number of rotatable bonds is 2. The molecule has 3 nitrogen and oxygen atoms in total. The van der Waals surface area contributed by atoms with Crippen LogP contribution in [0.4, 0.5) is 0 Å². The van der Waals surface area contributed by atoms with E-state index in [-0.39, 0.29) is 0 Å². The summed E-state index contributed by atoms with van der Waals surface area (Å²) in [7, 11) is 1.82. The molecule has 0 radical (unpaired) electrons. The number of halogens is 1. The zero-order chi connectivity index (χ0) is 10.8. The van der Waals surface area contributed by atoms with Crippen LogP contribution in [0.5, 0.6) is 0 Å². The van der Waals surface area contributed by atoms with Crippen LogP contribution in [0.2, 0.25) is 5.02 Å². The van der Waals surface area contributed by atoms with Gasteiger partial charge in [-0.15, -0.1) is 0 Å². The first-order valence-electron chi connectivity index (χ1n) is 4.45. The lowest BCUT2D eigenvalue weighted by Gasteiger charge is -2.05. The first kappa shape index (κ1) is 9.93. The third-order valence-electron chi connectivity index (χ3n) is 2.24. The van der Waals surface area contributed by atoms with Gasteiger partial charge in [-0.25, -0.2) is 0 Å². The molecule has 1 aromatic heterocycles. The molecule has 15 heavy (non-hydrogen) atoms. The summed E-state index contributed by atoms with van der Waals surface area (Å²) in [5.74, 6) is 0. The Morgan fingerprint density at radius 1 is 1.40 bits per heavy atom. The minimum Gasteiger partial charge on any atom is -0.298 e. The Hall–Kier alpha value is -1.61. The molecule has 0 aliphatic heterocycles. The lowest BCUT2D eigenvalue weighted by atomic mass is 10.1. The van der Waals surface area contributed by atoms with E-state index < -0.39 is 0 Å². The Bertz CT molecular complexity index is 505. The zero-order valence-corrected chi connectivity index (χ0v) is 8.90. The molecule has 0 bridgehead atoms. The molecule has 2 aromatic rings. The molecule has 0 saturated carbocycles. The van der Waals surface area contributed by atoms with E-state index in [1.165, 1.54) is 0 Å². The van der Waals surface area contributed by atoms with Crippen molar-refractivity contribution in [1.82, 2.24) is 9.78 Å². The molecule has 1 aromatic carbocycles. The van der Waals surface area contributed by atoms with Crippen LogP contribution in [-0.2, 0) is 7.05 Å². The topological polar surface area (TPSA) is 34.9 Å². The standard InChI is InChI=1S/C11H9ClN2O/c1-14-11(4-5-13-14)10-6-9(12)3-2-8(10)7-15/h2-7H,1H3. The van der Waals surface area contributed by atoms with Gasteiger partial charge in [-0.2, -0.15) is 5.10 Å². The third-order valence-corrected chi connectivity index (χ3v) is 2.47. The fourth-order valence-electron chi connectivity index (χ4n) is 1.49. The van der Waals surface area contributed by atoms with Crippen molar-refractivity contribution in [2.75, 3.05) is 0 Å². The van der Waals surface area contributed by atoms with E-state index in [1.54, 1.807) is 29.1 Å². The summed E-state index contributed by atoms with van der Waals surface area (Å²) in [6, 6.07) is 7.02. The number of aryl methyl sites for hydroxylation is 1. The average Bonchev–Trinajstić information content (AvgIpc) is 2.64. The van der Waals surface area contributed by atoms with Gasteiger partial charge in [0.2, 0.25) is 0 Å². The Labute approximate surface area is 92.3 Å². The summed E-state index contributed by atoms with van der Waals surface area (Å²) in [5, 5.41) is 4.66. The van der Waals surface area contributed by atoms with Crippen LogP contribution in [0.3, 0.4) is 0 Å². The highest BCUT2D eigenvalue weighted by Crippen LogP contribution is 2.25. The SMILES string of the molecule is Cn1nccc1-c1cc(Cl)ccc1C=O. The molecule has 0 fully saturated rings. The van der Waals surface area contributed by atoms with Crippen molar-refractivity contribution in [2.24, 2.45) is 7.05 Å². The summed E-state index contributed by atoms with van der Waals surface area (Å²) in [6.45, 7) is 0. The molecular formula is C11H9ClN2O. The Morgan fingerprint density at radius 3 is 2.80 bits per heavy atom. The van der Waals surface area contributed by atoms with Gasteiger partial charge in [-0.05, 0) is 24.3 Å². The minimum atomic E-state index is 0.608. The summed E-state index contributed by atoms with van der Waals surface area (Å²) >= 11 is 5.90. The van der Waals surface area contributed by atoms with Crippen molar-refractivity contribution >= 4 is 17.9 Å². The molecule has 76 valence electrons. The monoisotopic (exact) mass is 220 g/mol. The smallest absolute Gasteiger partial charge is 0.150 e. The van der Waals surface area contributed by atoms with Crippen LogP contribution >= 0.6 is 11.6 Å². The fraction of sp³-hybridized carbons (Fsp3) is 0.0909. The zero-order valence-electron chi connectivity index (χ0n) is 8.14. The molecule has 0 aliphatic carbocycles. The largest absolute Gasteiger partial charge is 0.298 e. The molecule has 2 rings (SSSR count). The van der Waals surface area contributed by atoms with Crippen molar-refractivity contribution < 1.29 is 4.79 Å². The molecule has 4 heteroatoms. The van der Waals surface area contributed by atoms with Crippen LogP contribution in [0.15, 0.2) is 30.5 Å². The number of nitrogens with zero attached hydrogens (tertiary/aromatic N) is 2. The van der Waals surface area contributed by atoms with E-state index in [4.69, 9.17) is 11.6 Å². The van der Waals surface area contributed by atoms with Gasteiger partial charge in [0.05, 0.1) is 5.69 Å². The van der Waals surface area contributed by atoms with E-state index >= 15 is 0 Å². The normalized spacial score (nSPS) is 10.3. The quantitative estimate of drug-likeness (QED) is 0.729. The first-order valence-corrected chi connectivity index (χ1v) is 4.83. The van der Waals surface area contributed by atoms with Crippen molar-refractivity contribution in [1.29, 1.82) is 0 Å².